The molecule has 5 rings (SSSR count). The first-order chi connectivity index (χ1) is 12.8. The van der Waals surface area contributed by atoms with Gasteiger partial charge in [-0.15, -0.1) is 0 Å². The fourth-order valence-electron chi connectivity index (χ4n) is 3.51. The maximum absolute atomic E-state index is 12.8. The van der Waals surface area contributed by atoms with Crippen LogP contribution in [0.25, 0.3) is 16.6 Å². The molecule has 1 aromatic carbocycles. The second-order valence-electron chi connectivity index (χ2n) is 6.40. The molecule has 0 unspecified atom stereocenters. The molecule has 0 spiro atoms. The Balaban J connectivity index is 1.37. The molecule has 0 atom stereocenters. The van der Waals surface area contributed by atoms with Gasteiger partial charge in [0, 0.05) is 36.6 Å². The minimum Gasteiger partial charge on any atom is -0.454 e. The molecule has 0 saturated carbocycles. The van der Waals surface area contributed by atoms with Crippen molar-refractivity contribution in [1.82, 2.24) is 14.9 Å². The zero-order chi connectivity index (χ0) is 17.5. The van der Waals surface area contributed by atoms with Crippen molar-refractivity contribution in [2.45, 2.75) is 6.42 Å². The summed E-state index contributed by atoms with van der Waals surface area (Å²) in [6, 6.07) is 9.28. The number of nitrogens with one attached hydrogen (secondary N) is 1. The summed E-state index contributed by atoms with van der Waals surface area (Å²) in [5.74, 6) is 1.33. The molecule has 2 aromatic heterocycles. The number of rotatable bonds is 2. The van der Waals surface area contributed by atoms with Crippen LogP contribution in [0.2, 0.25) is 0 Å². The molecule has 26 heavy (non-hydrogen) atoms. The Morgan fingerprint density at radius 1 is 1.19 bits per heavy atom. The van der Waals surface area contributed by atoms with Crippen molar-refractivity contribution in [1.29, 1.82) is 0 Å². The minimum atomic E-state index is 0.00986. The van der Waals surface area contributed by atoms with Crippen LogP contribution in [-0.2, 0) is 0 Å². The average molecular weight is 347 g/mol. The molecule has 130 valence electrons. The Labute approximate surface area is 150 Å². The lowest BCUT2D eigenvalue weighted by atomic mass is 10.0. The van der Waals surface area contributed by atoms with Gasteiger partial charge in [-0.1, -0.05) is 6.08 Å². The number of carbonyl (C=O) groups is 1. The molecule has 0 fully saturated rings. The molecule has 0 radical (unpaired) electrons. The van der Waals surface area contributed by atoms with Gasteiger partial charge in [0.15, 0.2) is 11.5 Å². The zero-order valence-electron chi connectivity index (χ0n) is 14.1. The number of ether oxygens (including phenoxy) is 2. The SMILES string of the molecule is O=C(c1ccc2c(c1)OCO2)N1CC=C(c2c[nH]c3cccnc23)CC1. The molecular weight excluding hydrogens is 330 g/mol. The number of H-pyrrole nitrogens is 1. The van der Waals surface area contributed by atoms with Gasteiger partial charge in [0.1, 0.15) is 0 Å². The summed E-state index contributed by atoms with van der Waals surface area (Å²) in [6.07, 6.45) is 6.73. The Morgan fingerprint density at radius 3 is 3.00 bits per heavy atom. The van der Waals surface area contributed by atoms with Crippen molar-refractivity contribution in [2.24, 2.45) is 0 Å². The zero-order valence-corrected chi connectivity index (χ0v) is 14.1. The summed E-state index contributed by atoms with van der Waals surface area (Å²) in [5.41, 5.74) is 4.98. The van der Waals surface area contributed by atoms with E-state index in [-0.39, 0.29) is 12.7 Å². The predicted molar refractivity (Wildman–Crippen MR) is 97.2 cm³/mol. The van der Waals surface area contributed by atoms with Gasteiger partial charge < -0.3 is 19.4 Å². The van der Waals surface area contributed by atoms with Crippen LogP contribution in [0.1, 0.15) is 22.3 Å². The summed E-state index contributed by atoms with van der Waals surface area (Å²) in [5, 5.41) is 0. The van der Waals surface area contributed by atoms with Crippen LogP contribution < -0.4 is 9.47 Å². The Kier molecular flexibility index (Phi) is 3.41. The first kappa shape index (κ1) is 15.0. The minimum absolute atomic E-state index is 0.00986. The highest BCUT2D eigenvalue weighted by molar-refractivity contribution is 5.96. The van der Waals surface area contributed by atoms with Gasteiger partial charge >= 0.3 is 0 Å². The van der Waals surface area contributed by atoms with E-state index in [0.717, 1.165) is 23.0 Å². The quantitative estimate of drug-likeness (QED) is 0.773. The molecule has 3 aromatic rings. The summed E-state index contributed by atoms with van der Waals surface area (Å²) >= 11 is 0. The van der Waals surface area contributed by atoms with Crippen LogP contribution in [-0.4, -0.2) is 40.7 Å². The highest BCUT2D eigenvalue weighted by Crippen LogP contribution is 2.33. The van der Waals surface area contributed by atoms with Gasteiger partial charge in [-0.3, -0.25) is 9.78 Å². The molecule has 2 aliphatic heterocycles. The Morgan fingerprint density at radius 2 is 2.12 bits per heavy atom. The fourth-order valence-corrected chi connectivity index (χ4v) is 3.51. The maximum Gasteiger partial charge on any atom is 0.254 e. The second kappa shape index (κ2) is 5.91. The molecule has 4 heterocycles. The van der Waals surface area contributed by atoms with E-state index in [0.29, 0.717) is 30.2 Å². The number of hydrogen-bond acceptors (Lipinski definition) is 4. The number of benzene rings is 1. The molecule has 1 N–H and O–H groups in total. The van der Waals surface area contributed by atoms with E-state index in [1.165, 1.54) is 5.57 Å². The number of amides is 1. The van der Waals surface area contributed by atoms with Crippen LogP contribution in [0.5, 0.6) is 11.5 Å². The van der Waals surface area contributed by atoms with Gasteiger partial charge in [-0.2, -0.15) is 0 Å². The van der Waals surface area contributed by atoms with Crippen LogP contribution >= 0.6 is 0 Å². The third kappa shape index (κ3) is 2.42. The fraction of sp³-hybridized carbons (Fsp3) is 0.200. The highest BCUT2D eigenvalue weighted by Gasteiger charge is 2.23. The van der Waals surface area contributed by atoms with Gasteiger partial charge in [-0.05, 0) is 42.3 Å². The molecule has 0 aliphatic carbocycles. The van der Waals surface area contributed by atoms with E-state index in [1.54, 1.807) is 24.4 Å². The summed E-state index contributed by atoms with van der Waals surface area (Å²) in [4.78, 5) is 22.4. The van der Waals surface area contributed by atoms with Crippen LogP contribution in [0, 0.1) is 0 Å². The Hall–Kier alpha value is -3.28. The highest BCUT2D eigenvalue weighted by atomic mass is 16.7. The van der Waals surface area contributed by atoms with Crippen LogP contribution in [0.15, 0.2) is 48.8 Å². The van der Waals surface area contributed by atoms with Gasteiger partial charge in [0.25, 0.3) is 5.91 Å². The van der Waals surface area contributed by atoms with E-state index in [2.05, 4.69) is 16.0 Å². The molecule has 1 amide bonds. The molecular formula is C20H17N3O3. The van der Waals surface area contributed by atoms with E-state index in [9.17, 15) is 4.79 Å². The first-order valence-electron chi connectivity index (χ1n) is 8.60. The maximum atomic E-state index is 12.8. The van der Waals surface area contributed by atoms with Gasteiger partial charge in [-0.25, -0.2) is 0 Å². The molecule has 0 bridgehead atoms. The van der Waals surface area contributed by atoms with Crippen molar-refractivity contribution in [3.05, 3.63) is 59.9 Å². The smallest absolute Gasteiger partial charge is 0.254 e. The number of aromatic amines is 1. The first-order valence-corrected chi connectivity index (χ1v) is 8.60. The molecule has 6 heteroatoms. The van der Waals surface area contributed by atoms with Gasteiger partial charge in [0.2, 0.25) is 6.79 Å². The molecule has 0 saturated heterocycles. The van der Waals surface area contributed by atoms with Crippen molar-refractivity contribution in [2.75, 3.05) is 19.9 Å². The lowest BCUT2D eigenvalue weighted by Crippen LogP contribution is -2.34. The topological polar surface area (TPSA) is 67.5 Å². The van der Waals surface area contributed by atoms with Crippen LogP contribution in [0.3, 0.4) is 0 Å². The number of pyridine rings is 1. The van der Waals surface area contributed by atoms with Crippen molar-refractivity contribution < 1.29 is 14.3 Å². The van der Waals surface area contributed by atoms with Crippen molar-refractivity contribution in [3.8, 4) is 11.5 Å². The number of carbonyl (C=O) groups excluding carboxylic acids is 1. The lowest BCUT2D eigenvalue weighted by molar-refractivity contribution is 0.0772. The van der Waals surface area contributed by atoms with E-state index in [1.807, 2.05) is 23.2 Å². The van der Waals surface area contributed by atoms with E-state index < -0.39 is 0 Å². The predicted octanol–water partition coefficient (Wildman–Crippen LogP) is 3.22. The average Bonchev–Trinajstić information content (AvgIpc) is 3.34. The van der Waals surface area contributed by atoms with Crippen molar-refractivity contribution in [3.63, 3.8) is 0 Å². The van der Waals surface area contributed by atoms with E-state index >= 15 is 0 Å². The summed E-state index contributed by atoms with van der Waals surface area (Å²) in [6.45, 7) is 1.47. The third-order valence-corrected chi connectivity index (χ3v) is 4.90. The van der Waals surface area contributed by atoms with Crippen molar-refractivity contribution >= 4 is 22.5 Å². The number of nitrogens with zero attached hydrogens (tertiary/aromatic N) is 2. The standard InChI is InChI=1S/C20H17N3O3/c24-20(14-3-4-17-18(10-14)26-12-25-17)23-8-5-13(6-9-23)15-11-22-16-2-1-7-21-19(15)16/h1-5,7,10-11,22H,6,8-9,12H2. The monoisotopic (exact) mass is 347 g/mol. The number of aromatic nitrogens is 2. The number of fused-ring (bicyclic) bond motifs is 2. The summed E-state index contributed by atoms with van der Waals surface area (Å²) < 4.78 is 10.7. The second-order valence-corrected chi connectivity index (χ2v) is 6.40. The van der Waals surface area contributed by atoms with Gasteiger partial charge in [0.05, 0.1) is 11.0 Å². The molecule has 6 nitrogen and oxygen atoms in total. The normalized spacial score (nSPS) is 16.0. The largest absolute Gasteiger partial charge is 0.454 e. The summed E-state index contributed by atoms with van der Waals surface area (Å²) in [7, 11) is 0. The number of hydrogen-bond donors (Lipinski definition) is 1. The Bertz CT molecular complexity index is 1040. The third-order valence-electron chi connectivity index (χ3n) is 4.90. The molecule has 2 aliphatic rings. The van der Waals surface area contributed by atoms with Crippen LogP contribution in [0.4, 0.5) is 0 Å². The lowest BCUT2D eigenvalue weighted by Gasteiger charge is -2.26. The van der Waals surface area contributed by atoms with E-state index in [4.69, 9.17) is 9.47 Å².